The standard InChI is InChI=1S/C33H51NO9S2/c1-28(2)12-13-32(27(36)41-7)14-15-33(34)25(21(32)18-28)22(35)16-24-30(5)17-20(19-42-44(8,37)38)26(43-45(9,39)40)29(3,4)23(30)10-11-31(24,33)6/h16-17,21,23,25-26H,10-15,18-19,34H2,1-9H3/t21-,23-,25-,26-,30-,31+,32-,33-/m0/s1. The Morgan fingerprint density at radius 1 is 0.956 bits per heavy atom. The van der Waals surface area contributed by atoms with Gasteiger partial charge in [-0.15, -0.1) is 0 Å². The van der Waals surface area contributed by atoms with Crippen LogP contribution in [0.15, 0.2) is 23.3 Å². The molecule has 0 unspecified atom stereocenters. The Morgan fingerprint density at radius 2 is 1.58 bits per heavy atom. The Bertz CT molecular complexity index is 1580. The molecule has 0 aromatic carbocycles. The van der Waals surface area contributed by atoms with Crippen molar-refractivity contribution in [1.82, 2.24) is 0 Å². The van der Waals surface area contributed by atoms with Crippen molar-refractivity contribution >= 4 is 32.0 Å². The number of carbonyl (C=O) groups is 2. The first-order valence-corrected chi connectivity index (χ1v) is 19.6. The normalized spacial score (nSPS) is 42.2. The number of rotatable bonds is 6. The van der Waals surface area contributed by atoms with Gasteiger partial charge >= 0.3 is 5.97 Å². The number of methoxy groups -OCH3 is 1. The van der Waals surface area contributed by atoms with Crippen molar-refractivity contribution in [1.29, 1.82) is 0 Å². The fourth-order valence-electron chi connectivity index (χ4n) is 10.7. The molecule has 0 aromatic heterocycles. The molecule has 10 nitrogen and oxygen atoms in total. The molecule has 5 aliphatic carbocycles. The van der Waals surface area contributed by atoms with E-state index in [0.717, 1.165) is 24.5 Å². The molecule has 45 heavy (non-hydrogen) atoms. The SMILES string of the molecule is COC(=O)[C@]12CCC(C)(C)C[C@H]1[C@H]1C(=O)C=C3[C@@]4(C)C=C(COS(C)(=O)=O)[C@H](OS(C)(=O)=O)C(C)(C)[C@@H]4CC[C@@]3(C)[C@]1(N)CC2. The van der Waals surface area contributed by atoms with Crippen molar-refractivity contribution < 1.29 is 39.5 Å². The minimum absolute atomic E-state index is 0.0610. The molecule has 2 N–H and O–H groups in total. The van der Waals surface area contributed by atoms with Gasteiger partial charge in [0.1, 0.15) is 6.10 Å². The molecule has 0 bridgehead atoms. The van der Waals surface area contributed by atoms with Crippen molar-refractivity contribution in [3.8, 4) is 0 Å². The molecule has 8 atom stereocenters. The van der Waals surface area contributed by atoms with Crippen molar-refractivity contribution in [3.05, 3.63) is 23.3 Å². The summed E-state index contributed by atoms with van der Waals surface area (Å²) in [5.74, 6) is -1.31. The van der Waals surface area contributed by atoms with E-state index in [2.05, 4.69) is 20.8 Å². The van der Waals surface area contributed by atoms with Crippen LogP contribution >= 0.6 is 0 Å². The van der Waals surface area contributed by atoms with E-state index >= 15 is 0 Å². The zero-order valence-corrected chi connectivity index (χ0v) is 29.8. The molecule has 0 radical (unpaired) electrons. The van der Waals surface area contributed by atoms with Gasteiger partial charge in [0.15, 0.2) is 5.78 Å². The summed E-state index contributed by atoms with van der Waals surface area (Å²) in [6, 6.07) is 0. The van der Waals surface area contributed by atoms with Crippen LogP contribution in [0, 0.1) is 44.8 Å². The quantitative estimate of drug-likeness (QED) is 0.246. The molecule has 0 spiro atoms. The van der Waals surface area contributed by atoms with Gasteiger partial charge < -0.3 is 10.5 Å². The van der Waals surface area contributed by atoms with E-state index in [4.69, 9.17) is 18.8 Å². The largest absolute Gasteiger partial charge is 0.469 e. The molecule has 12 heteroatoms. The highest BCUT2D eigenvalue weighted by molar-refractivity contribution is 7.86. The number of nitrogens with two attached hydrogens (primary N) is 1. The lowest BCUT2D eigenvalue weighted by Gasteiger charge is -2.69. The first-order chi connectivity index (χ1) is 20.4. The minimum atomic E-state index is -3.92. The van der Waals surface area contributed by atoms with Gasteiger partial charge in [-0.3, -0.25) is 18.0 Å². The zero-order chi connectivity index (χ0) is 33.8. The number of ether oxygens (including phenoxy) is 1. The molecule has 0 saturated heterocycles. The Morgan fingerprint density at radius 3 is 2.16 bits per heavy atom. The van der Waals surface area contributed by atoms with Gasteiger partial charge in [0, 0.05) is 27.7 Å². The number of hydrogen-bond acceptors (Lipinski definition) is 10. The van der Waals surface area contributed by atoms with E-state index in [9.17, 15) is 26.4 Å². The molecule has 3 saturated carbocycles. The third-order valence-electron chi connectivity index (χ3n) is 12.8. The summed E-state index contributed by atoms with van der Waals surface area (Å²) in [6.07, 6.45) is 9.20. The van der Waals surface area contributed by atoms with Gasteiger partial charge in [0.05, 0.1) is 31.6 Å². The van der Waals surface area contributed by atoms with Crippen LogP contribution in [0.1, 0.15) is 86.5 Å². The highest BCUT2D eigenvalue weighted by atomic mass is 32.2. The predicted octanol–water partition coefficient (Wildman–Crippen LogP) is 4.30. The van der Waals surface area contributed by atoms with Crippen LogP contribution < -0.4 is 5.73 Å². The van der Waals surface area contributed by atoms with Gasteiger partial charge in [0.25, 0.3) is 20.2 Å². The van der Waals surface area contributed by atoms with Gasteiger partial charge in [-0.1, -0.05) is 47.6 Å². The zero-order valence-electron chi connectivity index (χ0n) is 28.2. The maximum atomic E-state index is 14.6. The summed E-state index contributed by atoms with van der Waals surface area (Å²) in [4.78, 5) is 28.1. The molecule has 5 rings (SSSR count). The fourth-order valence-corrected chi connectivity index (χ4v) is 11.8. The maximum absolute atomic E-state index is 14.6. The second-order valence-electron chi connectivity index (χ2n) is 16.5. The van der Waals surface area contributed by atoms with Crippen LogP contribution in [0.25, 0.3) is 0 Å². The highest BCUT2D eigenvalue weighted by Crippen LogP contribution is 2.71. The third-order valence-corrected chi connectivity index (χ3v) is 13.9. The molecular formula is C33H51NO9S2. The van der Waals surface area contributed by atoms with E-state index in [1.807, 2.05) is 26.8 Å². The Hall–Kier alpha value is -1.60. The predicted molar refractivity (Wildman–Crippen MR) is 170 cm³/mol. The van der Waals surface area contributed by atoms with Crippen LogP contribution in [0.2, 0.25) is 0 Å². The number of hydrogen-bond donors (Lipinski definition) is 1. The summed E-state index contributed by atoms with van der Waals surface area (Å²) in [5, 5.41) is 0. The number of esters is 1. The van der Waals surface area contributed by atoms with Gasteiger partial charge in [-0.05, 0) is 79.4 Å². The van der Waals surface area contributed by atoms with Crippen LogP contribution in [0.3, 0.4) is 0 Å². The van der Waals surface area contributed by atoms with Crippen LogP contribution in [-0.2, 0) is 42.9 Å². The van der Waals surface area contributed by atoms with Crippen molar-refractivity contribution in [2.45, 2.75) is 98.1 Å². The summed E-state index contributed by atoms with van der Waals surface area (Å²) in [7, 11) is -6.35. The highest BCUT2D eigenvalue weighted by Gasteiger charge is 2.71. The second kappa shape index (κ2) is 10.4. The Balaban J connectivity index is 1.69. The second-order valence-corrected chi connectivity index (χ2v) is 19.7. The Kier molecular flexibility index (Phi) is 8.06. The smallest absolute Gasteiger partial charge is 0.312 e. The molecule has 3 fully saturated rings. The first kappa shape index (κ1) is 34.7. The topological polar surface area (TPSA) is 156 Å². The first-order valence-electron chi connectivity index (χ1n) is 16.0. The fraction of sp³-hybridized carbons (Fsp3) is 0.818. The van der Waals surface area contributed by atoms with E-state index in [1.54, 1.807) is 6.08 Å². The van der Waals surface area contributed by atoms with Crippen LogP contribution in [0.4, 0.5) is 0 Å². The summed E-state index contributed by atoms with van der Waals surface area (Å²) in [5.41, 5.74) is 4.94. The summed E-state index contributed by atoms with van der Waals surface area (Å²) >= 11 is 0. The van der Waals surface area contributed by atoms with Gasteiger partial charge in [-0.25, -0.2) is 0 Å². The van der Waals surface area contributed by atoms with Crippen molar-refractivity contribution in [2.24, 2.45) is 50.6 Å². The lowest BCUT2D eigenvalue weighted by molar-refractivity contribution is -0.181. The molecule has 5 aliphatic rings. The van der Waals surface area contributed by atoms with E-state index in [0.29, 0.717) is 44.1 Å². The van der Waals surface area contributed by atoms with Crippen molar-refractivity contribution in [3.63, 3.8) is 0 Å². The van der Waals surface area contributed by atoms with E-state index in [-0.39, 0.29) is 35.6 Å². The van der Waals surface area contributed by atoms with E-state index < -0.39 is 59.5 Å². The maximum Gasteiger partial charge on any atom is 0.312 e. The van der Waals surface area contributed by atoms with Crippen molar-refractivity contribution in [2.75, 3.05) is 26.2 Å². The number of fused-ring (bicyclic) bond motifs is 7. The average Bonchev–Trinajstić information content (AvgIpc) is 2.89. The molecule has 0 amide bonds. The Labute approximate surface area is 269 Å². The minimum Gasteiger partial charge on any atom is -0.469 e. The van der Waals surface area contributed by atoms with Crippen LogP contribution in [-0.4, -0.2) is 66.5 Å². The molecule has 0 aliphatic heterocycles. The lowest BCUT2D eigenvalue weighted by Crippen LogP contribution is -2.73. The van der Waals surface area contributed by atoms with Gasteiger partial charge in [-0.2, -0.15) is 16.8 Å². The number of carbonyl (C=O) groups excluding carboxylic acids is 2. The molecule has 0 aromatic rings. The van der Waals surface area contributed by atoms with E-state index in [1.165, 1.54) is 7.11 Å². The summed E-state index contributed by atoms with van der Waals surface area (Å²) in [6.45, 7) is 12.1. The molecular weight excluding hydrogens is 618 g/mol. The number of ketones is 1. The molecule has 0 heterocycles. The third kappa shape index (κ3) is 5.29. The van der Waals surface area contributed by atoms with Crippen LogP contribution in [0.5, 0.6) is 0 Å². The molecule has 254 valence electrons. The lowest BCUT2D eigenvalue weighted by atomic mass is 9.36. The summed E-state index contributed by atoms with van der Waals surface area (Å²) < 4.78 is 65.2. The number of allylic oxidation sites excluding steroid dienone is 2. The van der Waals surface area contributed by atoms with Gasteiger partial charge in [0.2, 0.25) is 0 Å². The monoisotopic (exact) mass is 669 g/mol. The average molecular weight is 670 g/mol.